The second-order valence-corrected chi connectivity index (χ2v) is 3.00. The number of hydrogen-bond donors (Lipinski definition) is 0. The lowest BCUT2D eigenvalue weighted by molar-refractivity contribution is -0.137. The van der Waals surface area contributed by atoms with Gasteiger partial charge < -0.3 is 0 Å². The molecule has 74 valence electrons. The van der Waals surface area contributed by atoms with Crippen LogP contribution in [0.25, 0.3) is 0 Å². The molecule has 0 atom stereocenters. The smallest absolute Gasteiger partial charge is 0.261 e. The lowest BCUT2D eigenvalue weighted by Gasteiger charge is -2.12. The zero-order valence-electron chi connectivity index (χ0n) is 8.25. The number of carbonyl (C=O) groups excluding carboxylic acids is 2. The van der Waals surface area contributed by atoms with Crippen molar-refractivity contribution in [3.63, 3.8) is 0 Å². The zero-order chi connectivity index (χ0) is 10.7. The SMILES string of the molecule is C=CC1=C(C=C)C(=O)N(CCC)C1=O. The van der Waals surface area contributed by atoms with E-state index >= 15 is 0 Å². The molecule has 0 aliphatic carbocycles. The minimum Gasteiger partial charge on any atom is -0.274 e. The molecular formula is C11H13NO2. The van der Waals surface area contributed by atoms with Crippen LogP contribution in [-0.4, -0.2) is 23.3 Å². The molecule has 0 saturated carbocycles. The van der Waals surface area contributed by atoms with E-state index in [0.717, 1.165) is 6.42 Å². The minimum atomic E-state index is -0.262. The molecule has 0 fully saturated rings. The van der Waals surface area contributed by atoms with Gasteiger partial charge in [0.15, 0.2) is 0 Å². The van der Waals surface area contributed by atoms with Crippen molar-refractivity contribution in [1.29, 1.82) is 0 Å². The van der Waals surface area contributed by atoms with Crippen LogP contribution in [0.3, 0.4) is 0 Å². The van der Waals surface area contributed by atoms with E-state index in [-0.39, 0.29) is 11.8 Å². The van der Waals surface area contributed by atoms with E-state index in [4.69, 9.17) is 0 Å². The molecule has 0 saturated heterocycles. The molecule has 0 radical (unpaired) electrons. The number of rotatable bonds is 4. The maximum absolute atomic E-state index is 11.6. The standard InChI is InChI=1S/C11H13NO2/c1-4-7-12-10(13)8(5-2)9(6-3)11(12)14/h5-6H,2-4,7H2,1H3. The van der Waals surface area contributed by atoms with Crippen LogP contribution in [0.2, 0.25) is 0 Å². The lowest BCUT2D eigenvalue weighted by Crippen LogP contribution is -2.32. The predicted octanol–water partition coefficient (Wildman–Crippen LogP) is 1.43. The van der Waals surface area contributed by atoms with E-state index in [1.54, 1.807) is 0 Å². The lowest BCUT2D eigenvalue weighted by atomic mass is 10.1. The van der Waals surface area contributed by atoms with E-state index in [9.17, 15) is 9.59 Å². The molecule has 0 unspecified atom stereocenters. The Hall–Kier alpha value is -1.64. The van der Waals surface area contributed by atoms with Crippen molar-refractivity contribution < 1.29 is 9.59 Å². The molecule has 0 N–H and O–H groups in total. The highest BCUT2D eigenvalue weighted by Gasteiger charge is 2.34. The van der Waals surface area contributed by atoms with Crippen LogP contribution < -0.4 is 0 Å². The molecule has 0 aromatic carbocycles. The summed E-state index contributed by atoms with van der Waals surface area (Å²) in [4.78, 5) is 24.5. The van der Waals surface area contributed by atoms with Gasteiger partial charge in [-0.15, -0.1) is 0 Å². The van der Waals surface area contributed by atoms with Gasteiger partial charge in [0.2, 0.25) is 0 Å². The number of imide groups is 1. The molecule has 3 heteroatoms. The Morgan fingerprint density at radius 2 is 1.57 bits per heavy atom. The van der Waals surface area contributed by atoms with E-state index in [2.05, 4.69) is 13.2 Å². The molecule has 0 aromatic rings. The summed E-state index contributed by atoms with van der Waals surface area (Å²) in [6.07, 6.45) is 3.58. The van der Waals surface area contributed by atoms with Crippen LogP contribution in [0.5, 0.6) is 0 Å². The maximum atomic E-state index is 11.6. The minimum absolute atomic E-state index is 0.262. The van der Waals surface area contributed by atoms with Gasteiger partial charge in [-0.25, -0.2) is 0 Å². The molecule has 0 bridgehead atoms. The van der Waals surface area contributed by atoms with Gasteiger partial charge in [-0.1, -0.05) is 32.2 Å². The van der Waals surface area contributed by atoms with Crippen molar-refractivity contribution in [2.45, 2.75) is 13.3 Å². The monoisotopic (exact) mass is 191 g/mol. The van der Waals surface area contributed by atoms with Crippen LogP contribution in [0.4, 0.5) is 0 Å². The van der Waals surface area contributed by atoms with Crippen molar-refractivity contribution in [2.75, 3.05) is 6.54 Å². The Balaban J connectivity index is 3.08. The summed E-state index contributed by atoms with van der Waals surface area (Å²) in [5, 5.41) is 0. The van der Waals surface area contributed by atoms with Crippen molar-refractivity contribution in [3.8, 4) is 0 Å². The topological polar surface area (TPSA) is 37.4 Å². The first-order chi connectivity index (χ1) is 6.67. The van der Waals surface area contributed by atoms with Crippen LogP contribution in [-0.2, 0) is 9.59 Å². The molecule has 2 amide bonds. The first-order valence-electron chi connectivity index (χ1n) is 4.52. The second kappa shape index (κ2) is 4.05. The average molecular weight is 191 g/mol. The van der Waals surface area contributed by atoms with Gasteiger partial charge in [-0.3, -0.25) is 14.5 Å². The molecule has 1 rings (SSSR count). The normalized spacial score (nSPS) is 16.5. The molecule has 0 aromatic heterocycles. The second-order valence-electron chi connectivity index (χ2n) is 3.00. The Kier molecular flexibility index (Phi) is 3.02. The number of carbonyl (C=O) groups is 2. The summed E-state index contributed by atoms with van der Waals surface area (Å²) in [6.45, 7) is 9.40. The summed E-state index contributed by atoms with van der Waals surface area (Å²) in [6, 6.07) is 0. The summed E-state index contributed by atoms with van der Waals surface area (Å²) in [5.74, 6) is -0.525. The van der Waals surface area contributed by atoms with Crippen LogP contribution in [0, 0.1) is 0 Å². The third-order valence-corrected chi connectivity index (χ3v) is 2.10. The number of nitrogens with zero attached hydrogens (tertiary/aromatic N) is 1. The summed E-state index contributed by atoms with van der Waals surface area (Å²) < 4.78 is 0. The van der Waals surface area contributed by atoms with Gasteiger partial charge >= 0.3 is 0 Å². The molecule has 1 aliphatic heterocycles. The Morgan fingerprint density at radius 3 is 1.86 bits per heavy atom. The number of amides is 2. The van der Waals surface area contributed by atoms with Crippen molar-refractivity contribution in [2.24, 2.45) is 0 Å². The van der Waals surface area contributed by atoms with Crippen LogP contribution in [0.1, 0.15) is 13.3 Å². The first-order valence-corrected chi connectivity index (χ1v) is 4.52. The Morgan fingerprint density at radius 1 is 1.14 bits per heavy atom. The van der Waals surface area contributed by atoms with E-state index in [1.807, 2.05) is 6.92 Å². The highest BCUT2D eigenvalue weighted by molar-refractivity contribution is 6.21. The van der Waals surface area contributed by atoms with E-state index < -0.39 is 0 Å². The summed E-state index contributed by atoms with van der Waals surface area (Å²) >= 11 is 0. The fraction of sp³-hybridized carbons (Fsp3) is 0.273. The fourth-order valence-corrected chi connectivity index (χ4v) is 1.43. The molecule has 1 heterocycles. The highest BCUT2D eigenvalue weighted by Crippen LogP contribution is 2.22. The van der Waals surface area contributed by atoms with Crippen molar-refractivity contribution in [3.05, 3.63) is 36.5 Å². The molecule has 14 heavy (non-hydrogen) atoms. The summed E-state index contributed by atoms with van der Waals surface area (Å²) in [7, 11) is 0. The van der Waals surface area contributed by atoms with Crippen LogP contribution >= 0.6 is 0 Å². The Labute approximate surface area is 83.4 Å². The van der Waals surface area contributed by atoms with Gasteiger partial charge in [-0.2, -0.15) is 0 Å². The van der Waals surface area contributed by atoms with Gasteiger partial charge in [0.05, 0.1) is 11.1 Å². The third kappa shape index (κ3) is 1.41. The number of hydrogen-bond acceptors (Lipinski definition) is 2. The predicted molar refractivity (Wildman–Crippen MR) is 54.4 cm³/mol. The largest absolute Gasteiger partial charge is 0.274 e. The highest BCUT2D eigenvalue weighted by atomic mass is 16.2. The van der Waals surface area contributed by atoms with Crippen molar-refractivity contribution in [1.82, 2.24) is 4.90 Å². The summed E-state index contributed by atoms with van der Waals surface area (Å²) in [5.41, 5.74) is 0.719. The van der Waals surface area contributed by atoms with E-state index in [1.165, 1.54) is 17.1 Å². The molecule has 0 spiro atoms. The quantitative estimate of drug-likeness (QED) is 0.630. The zero-order valence-corrected chi connectivity index (χ0v) is 8.25. The van der Waals surface area contributed by atoms with Crippen molar-refractivity contribution >= 4 is 11.8 Å². The van der Waals surface area contributed by atoms with Gasteiger partial charge in [-0.05, 0) is 6.42 Å². The average Bonchev–Trinajstić information content (AvgIpc) is 2.41. The fourth-order valence-electron chi connectivity index (χ4n) is 1.43. The van der Waals surface area contributed by atoms with Gasteiger partial charge in [0, 0.05) is 6.54 Å². The van der Waals surface area contributed by atoms with Gasteiger partial charge in [0.25, 0.3) is 11.8 Å². The first kappa shape index (κ1) is 10.4. The van der Waals surface area contributed by atoms with Gasteiger partial charge in [0.1, 0.15) is 0 Å². The van der Waals surface area contributed by atoms with E-state index in [0.29, 0.717) is 17.7 Å². The maximum Gasteiger partial charge on any atom is 0.261 e. The molecular weight excluding hydrogens is 178 g/mol. The molecule has 1 aliphatic rings. The van der Waals surface area contributed by atoms with Crippen LogP contribution in [0.15, 0.2) is 36.5 Å². The Bertz CT molecular complexity index is 309. The molecule has 3 nitrogen and oxygen atoms in total. The third-order valence-electron chi connectivity index (χ3n) is 2.10.